The molecule has 1 aliphatic heterocycles. The summed E-state index contributed by atoms with van der Waals surface area (Å²) in [7, 11) is 0. The Morgan fingerprint density at radius 3 is 2.00 bits per heavy atom. The van der Waals surface area contributed by atoms with Gasteiger partial charge in [-0.15, -0.1) is 0 Å². The first-order chi connectivity index (χ1) is 4.21. The molecule has 1 heterocycles. The lowest BCUT2D eigenvalue weighted by Gasteiger charge is -2.17. The zero-order valence-corrected chi connectivity index (χ0v) is 5.96. The minimum Gasteiger partial charge on any atom is -0.291 e. The molecule has 0 N–H and O–H groups in total. The average molecular weight is 124 g/mol. The number of nitrogens with zero attached hydrogens (tertiary/aromatic N) is 2. The van der Waals surface area contributed by atoms with Crippen molar-refractivity contribution in [3.63, 3.8) is 0 Å². The van der Waals surface area contributed by atoms with Gasteiger partial charge in [0.15, 0.2) is 0 Å². The highest BCUT2D eigenvalue weighted by molar-refractivity contribution is 6.16. The van der Waals surface area contributed by atoms with E-state index in [-0.39, 0.29) is 5.41 Å². The first kappa shape index (κ1) is 6.46. The molecule has 0 unspecified atom stereocenters. The molecule has 0 aromatic rings. The van der Waals surface area contributed by atoms with Crippen LogP contribution in [0.2, 0.25) is 0 Å². The maximum atomic E-state index is 4.15. The van der Waals surface area contributed by atoms with Crippen LogP contribution in [0.25, 0.3) is 0 Å². The van der Waals surface area contributed by atoms with Crippen molar-refractivity contribution in [1.82, 2.24) is 0 Å². The van der Waals surface area contributed by atoms with Gasteiger partial charge in [-0.25, -0.2) is 0 Å². The average Bonchev–Trinajstić information content (AvgIpc) is 1.92. The summed E-state index contributed by atoms with van der Waals surface area (Å²) in [6.45, 7) is 6.14. The third-order valence-electron chi connectivity index (χ3n) is 1.32. The fraction of sp³-hybridized carbons (Fsp3) is 0.714. The van der Waals surface area contributed by atoms with E-state index in [1.54, 1.807) is 12.4 Å². The SMILES string of the molecule is CC1(C)CN=CC=NC1. The van der Waals surface area contributed by atoms with E-state index in [2.05, 4.69) is 23.8 Å². The molecule has 2 heteroatoms. The van der Waals surface area contributed by atoms with Crippen molar-refractivity contribution in [2.45, 2.75) is 13.8 Å². The van der Waals surface area contributed by atoms with Gasteiger partial charge >= 0.3 is 0 Å². The summed E-state index contributed by atoms with van der Waals surface area (Å²) >= 11 is 0. The van der Waals surface area contributed by atoms with Gasteiger partial charge in [0, 0.05) is 30.9 Å². The van der Waals surface area contributed by atoms with Crippen LogP contribution in [-0.2, 0) is 0 Å². The second-order valence-corrected chi connectivity index (χ2v) is 3.14. The molecule has 0 saturated carbocycles. The highest BCUT2D eigenvalue weighted by Crippen LogP contribution is 2.15. The molecule has 50 valence electrons. The molecule has 0 amide bonds. The van der Waals surface area contributed by atoms with E-state index in [1.807, 2.05) is 0 Å². The zero-order valence-electron chi connectivity index (χ0n) is 5.96. The number of aliphatic imine (C=N–C) groups is 2. The lowest BCUT2D eigenvalue weighted by atomic mass is 9.94. The van der Waals surface area contributed by atoms with Crippen molar-refractivity contribution in [2.75, 3.05) is 13.1 Å². The van der Waals surface area contributed by atoms with Crippen LogP contribution in [0, 0.1) is 5.41 Å². The Bertz CT molecular complexity index is 129. The molecule has 0 aliphatic carbocycles. The van der Waals surface area contributed by atoms with Crippen LogP contribution in [0.5, 0.6) is 0 Å². The fourth-order valence-corrected chi connectivity index (χ4v) is 0.744. The summed E-state index contributed by atoms with van der Waals surface area (Å²) in [6, 6.07) is 0. The highest BCUT2D eigenvalue weighted by Gasteiger charge is 2.16. The van der Waals surface area contributed by atoms with Crippen molar-refractivity contribution in [2.24, 2.45) is 15.4 Å². The lowest BCUT2D eigenvalue weighted by Crippen LogP contribution is -2.18. The van der Waals surface area contributed by atoms with Crippen LogP contribution in [0.4, 0.5) is 0 Å². The van der Waals surface area contributed by atoms with Crippen LogP contribution in [-0.4, -0.2) is 25.5 Å². The summed E-state index contributed by atoms with van der Waals surface area (Å²) in [6.07, 6.45) is 3.55. The molecular formula is C7H12N2. The molecule has 0 saturated heterocycles. The highest BCUT2D eigenvalue weighted by atomic mass is 14.8. The Kier molecular flexibility index (Phi) is 1.65. The molecular weight excluding hydrogens is 112 g/mol. The van der Waals surface area contributed by atoms with Gasteiger partial charge in [0.05, 0.1) is 0 Å². The lowest BCUT2D eigenvalue weighted by molar-refractivity contribution is 0.398. The third kappa shape index (κ3) is 1.96. The van der Waals surface area contributed by atoms with E-state index < -0.39 is 0 Å². The van der Waals surface area contributed by atoms with Crippen molar-refractivity contribution in [3.8, 4) is 0 Å². The standard InChI is InChI=1S/C7H12N2/c1-7(2)5-8-3-4-9-6-7/h3-4H,5-6H2,1-2H3. The molecule has 0 aromatic carbocycles. The van der Waals surface area contributed by atoms with Gasteiger partial charge in [0.1, 0.15) is 0 Å². The maximum Gasteiger partial charge on any atom is 0.0458 e. The molecule has 0 aromatic heterocycles. The third-order valence-corrected chi connectivity index (χ3v) is 1.32. The van der Waals surface area contributed by atoms with Gasteiger partial charge in [0.25, 0.3) is 0 Å². The Morgan fingerprint density at radius 2 is 1.56 bits per heavy atom. The van der Waals surface area contributed by atoms with Crippen LogP contribution >= 0.6 is 0 Å². The molecule has 1 aliphatic rings. The van der Waals surface area contributed by atoms with Crippen LogP contribution in [0.3, 0.4) is 0 Å². The van der Waals surface area contributed by atoms with E-state index in [0.717, 1.165) is 13.1 Å². The van der Waals surface area contributed by atoms with E-state index in [1.165, 1.54) is 0 Å². The summed E-state index contributed by atoms with van der Waals surface area (Å²) < 4.78 is 0. The van der Waals surface area contributed by atoms with Crippen molar-refractivity contribution in [3.05, 3.63) is 0 Å². The maximum absolute atomic E-state index is 4.15. The van der Waals surface area contributed by atoms with E-state index in [0.29, 0.717) is 0 Å². The molecule has 9 heavy (non-hydrogen) atoms. The van der Waals surface area contributed by atoms with Gasteiger partial charge in [-0.3, -0.25) is 9.98 Å². The second-order valence-electron chi connectivity index (χ2n) is 3.14. The quantitative estimate of drug-likeness (QED) is 0.463. The van der Waals surface area contributed by atoms with Gasteiger partial charge in [-0.05, 0) is 0 Å². The molecule has 0 spiro atoms. The molecule has 0 atom stereocenters. The summed E-state index contributed by atoms with van der Waals surface area (Å²) in [4.78, 5) is 8.30. The molecule has 2 nitrogen and oxygen atoms in total. The topological polar surface area (TPSA) is 24.7 Å². The van der Waals surface area contributed by atoms with Crippen LogP contribution in [0.1, 0.15) is 13.8 Å². The Morgan fingerprint density at radius 1 is 1.11 bits per heavy atom. The van der Waals surface area contributed by atoms with Crippen molar-refractivity contribution >= 4 is 12.4 Å². The van der Waals surface area contributed by atoms with Gasteiger partial charge in [-0.1, -0.05) is 13.8 Å². The summed E-state index contributed by atoms with van der Waals surface area (Å²) in [5.74, 6) is 0. The normalized spacial score (nSPS) is 23.8. The first-order valence-electron chi connectivity index (χ1n) is 3.19. The molecule has 0 bridgehead atoms. The minimum absolute atomic E-state index is 0.267. The van der Waals surface area contributed by atoms with Gasteiger partial charge in [-0.2, -0.15) is 0 Å². The second kappa shape index (κ2) is 2.29. The summed E-state index contributed by atoms with van der Waals surface area (Å²) in [5, 5.41) is 0. The monoisotopic (exact) mass is 124 g/mol. The molecule has 0 radical (unpaired) electrons. The largest absolute Gasteiger partial charge is 0.291 e. The van der Waals surface area contributed by atoms with Crippen LogP contribution in [0.15, 0.2) is 9.98 Å². The fourth-order valence-electron chi connectivity index (χ4n) is 0.744. The smallest absolute Gasteiger partial charge is 0.0458 e. The van der Waals surface area contributed by atoms with E-state index >= 15 is 0 Å². The van der Waals surface area contributed by atoms with Gasteiger partial charge < -0.3 is 0 Å². The molecule has 0 fully saturated rings. The van der Waals surface area contributed by atoms with Gasteiger partial charge in [0.2, 0.25) is 0 Å². The van der Waals surface area contributed by atoms with E-state index in [9.17, 15) is 0 Å². The first-order valence-corrected chi connectivity index (χ1v) is 3.19. The number of hydrogen-bond acceptors (Lipinski definition) is 2. The zero-order chi connectivity index (χ0) is 6.74. The predicted octanol–water partition coefficient (Wildman–Crippen LogP) is 1.17. The molecule has 1 rings (SSSR count). The summed E-state index contributed by atoms with van der Waals surface area (Å²) in [5.41, 5.74) is 0.267. The van der Waals surface area contributed by atoms with Crippen molar-refractivity contribution < 1.29 is 0 Å². The Hall–Kier alpha value is -0.660. The van der Waals surface area contributed by atoms with Crippen LogP contribution < -0.4 is 0 Å². The number of hydrogen-bond donors (Lipinski definition) is 0. The Balaban J connectivity index is 2.61. The van der Waals surface area contributed by atoms with Crippen molar-refractivity contribution in [1.29, 1.82) is 0 Å². The minimum atomic E-state index is 0.267. The number of rotatable bonds is 0. The predicted molar refractivity (Wildman–Crippen MR) is 40.5 cm³/mol. The Labute approximate surface area is 55.7 Å². The van der Waals surface area contributed by atoms with E-state index in [4.69, 9.17) is 0 Å².